The van der Waals surface area contributed by atoms with Gasteiger partial charge in [-0.25, -0.2) is 4.98 Å². The minimum atomic E-state index is -0.829. The summed E-state index contributed by atoms with van der Waals surface area (Å²) in [6.45, 7) is 0. The molecule has 1 aromatic heterocycles. The lowest BCUT2D eigenvalue weighted by Gasteiger charge is -2.23. The SMILES string of the molecule is COc1cccc(C(O)=C2C(=O)C(=O)N(c3nccs3)C2c2ccc(Cl)cc2)c1. The fraction of sp³-hybridized carbons (Fsp3) is 0.0952. The lowest BCUT2D eigenvalue weighted by molar-refractivity contribution is -0.132. The zero-order valence-electron chi connectivity index (χ0n) is 15.2. The van der Waals surface area contributed by atoms with E-state index in [4.69, 9.17) is 16.3 Å². The van der Waals surface area contributed by atoms with Crippen LogP contribution < -0.4 is 9.64 Å². The van der Waals surface area contributed by atoms with Crippen molar-refractivity contribution in [3.63, 3.8) is 0 Å². The van der Waals surface area contributed by atoms with E-state index in [9.17, 15) is 14.7 Å². The molecule has 0 spiro atoms. The normalized spacial score (nSPS) is 18.3. The van der Waals surface area contributed by atoms with Crippen molar-refractivity contribution in [2.24, 2.45) is 0 Å². The van der Waals surface area contributed by atoms with Gasteiger partial charge in [0.25, 0.3) is 5.78 Å². The number of nitrogens with zero attached hydrogens (tertiary/aromatic N) is 2. The molecule has 2 heterocycles. The second-order valence-electron chi connectivity index (χ2n) is 6.27. The summed E-state index contributed by atoms with van der Waals surface area (Å²) in [5, 5.41) is 13.6. The van der Waals surface area contributed by atoms with Gasteiger partial charge in [-0.15, -0.1) is 11.3 Å². The highest BCUT2D eigenvalue weighted by Crippen LogP contribution is 2.43. The van der Waals surface area contributed by atoms with Gasteiger partial charge in [0.15, 0.2) is 5.13 Å². The monoisotopic (exact) mass is 426 g/mol. The summed E-state index contributed by atoms with van der Waals surface area (Å²) in [5.74, 6) is -1.28. The fourth-order valence-electron chi connectivity index (χ4n) is 3.25. The zero-order chi connectivity index (χ0) is 20.5. The smallest absolute Gasteiger partial charge is 0.301 e. The van der Waals surface area contributed by atoms with Gasteiger partial charge >= 0.3 is 5.91 Å². The van der Waals surface area contributed by atoms with E-state index >= 15 is 0 Å². The molecule has 29 heavy (non-hydrogen) atoms. The number of thiazole rings is 1. The number of benzene rings is 2. The molecule has 1 saturated heterocycles. The molecule has 2 aromatic carbocycles. The highest BCUT2D eigenvalue weighted by atomic mass is 35.5. The zero-order valence-corrected chi connectivity index (χ0v) is 16.8. The average molecular weight is 427 g/mol. The van der Waals surface area contributed by atoms with Gasteiger partial charge in [0.05, 0.1) is 18.7 Å². The van der Waals surface area contributed by atoms with Crippen molar-refractivity contribution >= 4 is 45.5 Å². The lowest BCUT2D eigenvalue weighted by Crippen LogP contribution is -2.29. The van der Waals surface area contributed by atoms with E-state index < -0.39 is 17.7 Å². The van der Waals surface area contributed by atoms with Crippen molar-refractivity contribution < 1.29 is 19.4 Å². The quantitative estimate of drug-likeness (QED) is 0.379. The fourth-order valence-corrected chi connectivity index (χ4v) is 4.04. The number of anilines is 1. The average Bonchev–Trinajstić information content (AvgIpc) is 3.35. The molecule has 1 aliphatic rings. The van der Waals surface area contributed by atoms with Crippen LogP contribution in [0.15, 0.2) is 65.7 Å². The lowest BCUT2D eigenvalue weighted by atomic mass is 9.95. The van der Waals surface area contributed by atoms with Gasteiger partial charge in [0.2, 0.25) is 0 Å². The Balaban J connectivity index is 1.93. The molecule has 1 fully saturated rings. The first-order chi connectivity index (χ1) is 14.0. The Morgan fingerprint density at radius 2 is 1.97 bits per heavy atom. The van der Waals surface area contributed by atoms with E-state index in [-0.39, 0.29) is 11.3 Å². The molecule has 1 N–H and O–H groups in total. The second-order valence-corrected chi connectivity index (χ2v) is 7.58. The van der Waals surface area contributed by atoms with Crippen molar-refractivity contribution in [3.05, 3.63) is 81.8 Å². The number of Topliss-reactive ketones (excluding diaryl/α,β-unsaturated/α-hetero) is 1. The molecule has 1 atom stereocenters. The Kier molecular flexibility index (Phi) is 5.08. The Morgan fingerprint density at radius 1 is 1.21 bits per heavy atom. The van der Waals surface area contributed by atoms with Crippen LogP contribution in [0.3, 0.4) is 0 Å². The number of rotatable bonds is 4. The summed E-state index contributed by atoms with van der Waals surface area (Å²) in [6.07, 6.45) is 1.56. The van der Waals surface area contributed by atoms with E-state index in [0.717, 1.165) is 0 Å². The highest BCUT2D eigenvalue weighted by Gasteiger charge is 2.47. The van der Waals surface area contributed by atoms with Gasteiger partial charge in [0, 0.05) is 22.2 Å². The molecule has 4 rings (SSSR count). The van der Waals surface area contributed by atoms with E-state index in [1.807, 2.05) is 0 Å². The van der Waals surface area contributed by atoms with Crippen LogP contribution >= 0.6 is 22.9 Å². The first-order valence-corrected chi connectivity index (χ1v) is 9.87. The minimum absolute atomic E-state index is 0.0132. The maximum absolute atomic E-state index is 12.9. The van der Waals surface area contributed by atoms with Crippen LogP contribution in [0.5, 0.6) is 5.75 Å². The number of amides is 1. The predicted molar refractivity (Wildman–Crippen MR) is 111 cm³/mol. The Bertz CT molecular complexity index is 1110. The van der Waals surface area contributed by atoms with Crippen LogP contribution in [0.4, 0.5) is 5.13 Å². The van der Waals surface area contributed by atoms with Gasteiger partial charge in [-0.2, -0.15) is 0 Å². The van der Waals surface area contributed by atoms with Crippen LogP contribution in [0.1, 0.15) is 17.2 Å². The summed E-state index contributed by atoms with van der Waals surface area (Å²) < 4.78 is 5.20. The van der Waals surface area contributed by atoms with Gasteiger partial charge < -0.3 is 9.84 Å². The number of hydrogen-bond donors (Lipinski definition) is 1. The third-order valence-corrected chi connectivity index (χ3v) is 5.62. The molecule has 3 aromatic rings. The number of carbonyl (C=O) groups excluding carboxylic acids is 2. The maximum atomic E-state index is 12.9. The topological polar surface area (TPSA) is 79.7 Å². The van der Waals surface area contributed by atoms with Crippen molar-refractivity contribution in [2.45, 2.75) is 6.04 Å². The number of carbonyl (C=O) groups is 2. The molecule has 1 unspecified atom stereocenters. The molecule has 0 saturated carbocycles. The third kappa shape index (κ3) is 3.39. The number of aromatic nitrogens is 1. The van der Waals surface area contributed by atoms with Crippen molar-refractivity contribution in [1.29, 1.82) is 0 Å². The number of ether oxygens (including phenoxy) is 1. The summed E-state index contributed by atoms with van der Waals surface area (Å²) in [6, 6.07) is 12.6. The van der Waals surface area contributed by atoms with Crippen molar-refractivity contribution in [3.8, 4) is 5.75 Å². The van der Waals surface area contributed by atoms with Crippen LogP contribution in [0.25, 0.3) is 5.76 Å². The molecule has 146 valence electrons. The standard InChI is InChI=1S/C21H15ClN2O4S/c1-28-15-4-2-3-13(11-15)18(25)16-17(12-5-7-14(22)8-6-12)24(20(27)19(16)26)21-23-9-10-29-21/h2-11,17,25H,1H3. The van der Waals surface area contributed by atoms with Gasteiger partial charge in [-0.3, -0.25) is 14.5 Å². The number of hydrogen-bond acceptors (Lipinski definition) is 6. The van der Waals surface area contributed by atoms with E-state index in [1.54, 1.807) is 60.1 Å². The second kappa shape index (κ2) is 7.69. The minimum Gasteiger partial charge on any atom is -0.507 e. The number of aliphatic hydroxyl groups is 1. The van der Waals surface area contributed by atoms with Gasteiger partial charge in [0.1, 0.15) is 11.5 Å². The molecule has 1 aliphatic heterocycles. The van der Waals surface area contributed by atoms with Crippen LogP contribution in [0.2, 0.25) is 5.02 Å². The summed E-state index contributed by atoms with van der Waals surface area (Å²) in [5.41, 5.74) is 0.995. The first kappa shape index (κ1) is 19.2. The molecule has 1 amide bonds. The maximum Gasteiger partial charge on any atom is 0.301 e. The largest absolute Gasteiger partial charge is 0.507 e. The van der Waals surface area contributed by atoms with E-state index in [2.05, 4.69) is 4.98 Å². The first-order valence-electron chi connectivity index (χ1n) is 8.61. The van der Waals surface area contributed by atoms with E-state index in [0.29, 0.717) is 27.0 Å². The van der Waals surface area contributed by atoms with Gasteiger partial charge in [-0.05, 0) is 29.8 Å². The Morgan fingerprint density at radius 3 is 2.62 bits per heavy atom. The number of ketones is 1. The van der Waals surface area contributed by atoms with Crippen LogP contribution in [0, 0.1) is 0 Å². The number of halogens is 1. The Labute approximate surface area is 175 Å². The number of aliphatic hydroxyl groups excluding tert-OH is 1. The summed E-state index contributed by atoms with van der Waals surface area (Å²) in [4.78, 5) is 31.3. The molecule has 8 heteroatoms. The van der Waals surface area contributed by atoms with E-state index in [1.165, 1.54) is 23.3 Å². The van der Waals surface area contributed by atoms with Crippen molar-refractivity contribution in [1.82, 2.24) is 4.98 Å². The molecule has 0 radical (unpaired) electrons. The molecule has 0 aliphatic carbocycles. The Hall–Kier alpha value is -3.16. The summed E-state index contributed by atoms with van der Waals surface area (Å²) in [7, 11) is 1.51. The number of methoxy groups -OCH3 is 1. The molecular formula is C21H15ClN2O4S. The molecular weight excluding hydrogens is 412 g/mol. The van der Waals surface area contributed by atoms with Crippen molar-refractivity contribution in [2.75, 3.05) is 12.0 Å². The highest BCUT2D eigenvalue weighted by molar-refractivity contribution is 7.14. The van der Waals surface area contributed by atoms with Crippen LogP contribution in [-0.4, -0.2) is 28.9 Å². The third-order valence-electron chi connectivity index (χ3n) is 4.60. The summed E-state index contributed by atoms with van der Waals surface area (Å²) >= 11 is 7.24. The molecule has 6 nitrogen and oxygen atoms in total. The predicted octanol–water partition coefficient (Wildman–Crippen LogP) is 4.43. The van der Waals surface area contributed by atoms with Gasteiger partial charge in [-0.1, -0.05) is 35.9 Å². The molecule has 0 bridgehead atoms. The van der Waals surface area contributed by atoms with Crippen LogP contribution in [-0.2, 0) is 9.59 Å².